The predicted molar refractivity (Wildman–Crippen MR) is 50.9 cm³/mol. The fourth-order valence-corrected chi connectivity index (χ4v) is 1.73. The third-order valence-electron chi connectivity index (χ3n) is 2.49. The highest BCUT2D eigenvalue weighted by Gasteiger charge is 2.32. The SMILES string of the molecule is CCN1C(=O)C(CC(=O)O)NCC1C. The van der Waals surface area contributed by atoms with Gasteiger partial charge in [0.05, 0.1) is 12.5 Å². The third-order valence-corrected chi connectivity index (χ3v) is 2.49. The van der Waals surface area contributed by atoms with Crippen molar-refractivity contribution in [3.63, 3.8) is 0 Å². The van der Waals surface area contributed by atoms with E-state index in [0.717, 1.165) is 0 Å². The van der Waals surface area contributed by atoms with Crippen molar-refractivity contribution in [1.82, 2.24) is 10.2 Å². The zero-order valence-electron chi connectivity index (χ0n) is 8.49. The quantitative estimate of drug-likeness (QED) is 0.654. The number of nitrogens with one attached hydrogen (secondary N) is 1. The van der Waals surface area contributed by atoms with Crippen molar-refractivity contribution in [3.8, 4) is 0 Å². The molecule has 5 nitrogen and oxygen atoms in total. The molecule has 1 heterocycles. The molecule has 0 bridgehead atoms. The van der Waals surface area contributed by atoms with Crippen LogP contribution in [0, 0.1) is 0 Å². The van der Waals surface area contributed by atoms with Crippen LogP contribution >= 0.6 is 0 Å². The van der Waals surface area contributed by atoms with Gasteiger partial charge in [-0.1, -0.05) is 0 Å². The van der Waals surface area contributed by atoms with Crippen LogP contribution in [0.1, 0.15) is 20.3 Å². The van der Waals surface area contributed by atoms with E-state index in [9.17, 15) is 9.59 Å². The Hall–Kier alpha value is -1.10. The minimum Gasteiger partial charge on any atom is -0.481 e. The van der Waals surface area contributed by atoms with Crippen LogP contribution in [0.4, 0.5) is 0 Å². The van der Waals surface area contributed by atoms with E-state index in [0.29, 0.717) is 13.1 Å². The molecule has 1 amide bonds. The Bertz CT molecular complexity index is 242. The van der Waals surface area contributed by atoms with Crippen LogP contribution in [0.2, 0.25) is 0 Å². The molecule has 2 atom stereocenters. The molecule has 0 aromatic rings. The molecule has 2 unspecified atom stereocenters. The molecule has 1 aliphatic heterocycles. The average Bonchev–Trinajstić information content (AvgIpc) is 2.10. The summed E-state index contributed by atoms with van der Waals surface area (Å²) in [6, 6.07) is -0.402. The molecule has 0 aliphatic carbocycles. The number of carbonyl (C=O) groups is 2. The Morgan fingerprint density at radius 1 is 1.71 bits per heavy atom. The van der Waals surface area contributed by atoms with Gasteiger partial charge in [-0.05, 0) is 13.8 Å². The summed E-state index contributed by atoms with van der Waals surface area (Å²) in [6.07, 6.45) is -0.137. The van der Waals surface area contributed by atoms with Gasteiger partial charge in [0.1, 0.15) is 0 Å². The number of amides is 1. The van der Waals surface area contributed by atoms with Crippen LogP contribution in [0.15, 0.2) is 0 Å². The summed E-state index contributed by atoms with van der Waals surface area (Å²) in [6.45, 7) is 5.15. The number of likely N-dealkylation sites (N-methyl/N-ethyl adjacent to an activating group) is 1. The van der Waals surface area contributed by atoms with E-state index < -0.39 is 12.0 Å². The summed E-state index contributed by atoms with van der Waals surface area (Å²) < 4.78 is 0. The van der Waals surface area contributed by atoms with Crippen LogP contribution in [0.3, 0.4) is 0 Å². The molecule has 80 valence electrons. The maximum Gasteiger partial charge on any atom is 0.305 e. The van der Waals surface area contributed by atoms with Crippen molar-refractivity contribution >= 4 is 11.9 Å². The summed E-state index contributed by atoms with van der Waals surface area (Å²) in [7, 11) is 0. The third kappa shape index (κ3) is 2.23. The zero-order valence-corrected chi connectivity index (χ0v) is 8.49. The number of piperazine rings is 1. The largest absolute Gasteiger partial charge is 0.481 e. The fraction of sp³-hybridized carbons (Fsp3) is 0.778. The molecular formula is C9H16N2O3. The van der Waals surface area contributed by atoms with E-state index in [1.807, 2.05) is 13.8 Å². The molecule has 1 aliphatic rings. The standard InChI is InChI=1S/C9H16N2O3/c1-3-11-6(2)5-10-7(9(11)14)4-8(12)13/h6-7,10H,3-5H2,1-2H3,(H,12,13). The Balaban J connectivity index is 2.64. The van der Waals surface area contributed by atoms with E-state index >= 15 is 0 Å². The molecule has 5 heteroatoms. The Labute approximate surface area is 83.1 Å². The van der Waals surface area contributed by atoms with Crippen molar-refractivity contribution in [1.29, 1.82) is 0 Å². The highest BCUT2D eigenvalue weighted by Crippen LogP contribution is 2.10. The molecular weight excluding hydrogens is 184 g/mol. The van der Waals surface area contributed by atoms with E-state index in [1.54, 1.807) is 4.90 Å². The number of carboxylic acid groups (broad SMARTS) is 1. The molecule has 1 rings (SSSR count). The number of carbonyl (C=O) groups excluding carboxylic acids is 1. The molecule has 0 spiro atoms. The maximum absolute atomic E-state index is 11.7. The van der Waals surface area contributed by atoms with E-state index in [4.69, 9.17) is 5.11 Å². The lowest BCUT2D eigenvalue weighted by Gasteiger charge is -2.37. The maximum atomic E-state index is 11.7. The summed E-state index contributed by atoms with van der Waals surface area (Å²) in [5.41, 5.74) is 0. The minimum absolute atomic E-state index is 0.103. The monoisotopic (exact) mass is 200 g/mol. The Morgan fingerprint density at radius 3 is 2.86 bits per heavy atom. The molecule has 0 saturated carbocycles. The molecule has 0 aromatic heterocycles. The first kappa shape index (κ1) is 11.0. The van der Waals surface area contributed by atoms with Crippen LogP contribution in [-0.2, 0) is 9.59 Å². The number of carboxylic acids is 1. The smallest absolute Gasteiger partial charge is 0.305 e. The lowest BCUT2D eigenvalue weighted by Crippen LogP contribution is -2.59. The van der Waals surface area contributed by atoms with Gasteiger partial charge in [0.2, 0.25) is 5.91 Å². The summed E-state index contributed by atoms with van der Waals surface area (Å²) in [4.78, 5) is 23.9. The lowest BCUT2D eigenvalue weighted by molar-refractivity contribution is -0.145. The highest BCUT2D eigenvalue weighted by atomic mass is 16.4. The second-order valence-electron chi connectivity index (χ2n) is 3.53. The zero-order chi connectivity index (χ0) is 10.7. The van der Waals surface area contributed by atoms with Gasteiger partial charge in [-0.2, -0.15) is 0 Å². The highest BCUT2D eigenvalue weighted by molar-refractivity contribution is 5.87. The number of rotatable bonds is 3. The Morgan fingerprint density at radius 2 is 2.36 bits per heavy atom. The van der Waals surface area contributed by atoms with Gasteiger partial charge in [0.15, 0.2) is 0 Å². The number of nitrogens with zero attached hydrogens (tertiary/aromatic N) is 1. The van der Waals surface area contributed by atoms with Crippen LogP contribution in [0.5, 0.6) is 0 Å². The second kappa shape index (κ2) is 4.41. The van der Waals surface area contributed by atoms with Crippen molar-refractivity contribution in [2.45, 2.75) is 32.4 Å². The number of aliphatic carboxylic acids is 1. The van der Waals surface area contributed by atoms with Gasteiger partial charge in [0, 0.05) is 19.1 Å². The molecule has 1 saturated heterocycles. The molecule has 14 heavy (non-hydrogen) atoms. The summed E-state index contributed by atoms with van der Waals surface area (Å²) in [5.74, 6) is -1.05. The molecule has 0 radical (unpaired) electrons. The van der Waals surface area contributed by atoms with Gasteiger partial charge >= 0.3 is 5.97 Å². The van der Waals surface area contributed by atoms with Crippen LogP contribution in [0.25, 0.3) is 0 Å². The van der Waals surface area contributed by atoms with E-state index in [1.165, 1.54) is 0 Å². The summed E-state index contributed by atoms with van der Waals surface area (Å²) in [5, 5.41) is 11.5. The van der Waals surface area contributed by atoms with Crippen LogP contribution < -0.4 is 5.32 Å². The average molecular weight is 200 g/mol. The van der Waals surface area contributed by atoms with E-state index in [-0.39, 0.29) is 18.4 Å². The van der Waals surface area contributed by atoms with Gasteiger partial charge in [-0.3, -0.25) is 9.59 Å². The Kier molecular flexibility index (Phi) is 3.46. The summed E-state index contributed by atoms with van der Waals surface area (Å²) >= 11 is 0. The second-order valence-corrected chi connectivity index (χ2v) is 3.53. The molecule has 1 fully saturated rings. The normalized spacial score (nSPS) is 27.9. The van der Waals surface area contributed by atoms with Crippen LogP contribution in [-0.4, -0.2) is 47.1 Å². The number of hydrogen-bond donors (Lipinski definition) is 2. The van der Waals surface area contributed by atoms with Crippen molar-refractivity contribution in [2.75, 3.05) is 13.1 Å². The van der Waals surface area contributed by atoms with Gasteiger partial charge in [-0.15, -0.1) is 0 Å². The van der Waals surface area contributed by atoms with Gasteiger partial charge in [0.25, 0.3) is 0 Å². The van der Waals surface area contributed by atoms with Crippen molar-refractivity contribution in [2.24, 2.45) is 0 Å². The van der Waals surface area contributed by atoms with Gasteiger partial charge < -0.3 is 15.3 Å². The first-order valence-corrected chi connectivity index (χ1v) is 4.82. The van der Waals surface area contributed by atoms with Crippen molar-refractivity contribution < 1.29 is 14.7 Å². The lowest BCUT2D eigenvalue weighted by atomic mass is 10.1. The topological polar surface area (TPSA) is 69.6 Å². The van der Waals surface area contributed by atoms with E-state index in [2.05, 4.69) is 5.32 Å². The first-order chi connectivity index (χ1) is 6.56. The minimum atomic E-state index is -0.943. The number of hydrogen-bond acceptors (Lipinski definition) is 3. The van der Waals surface area contributed by atoms with Crippen molar-refractivity contribution in [3.05, 3.63) is 0 Å². The predicted octanol–water partition coefficient (Wildman–Crippen LogP) is -0.330. The first-order valence-electron chi connectivity index (χ1n) is 4.82. The van der Waals surface area contributed by atoms with Gasteiger partial charge in [-0.25, -0.2) is 0 Å². The molecule has 0 aromatic carbocycles. The fourth-order valence-electron chi connectivity index (χ4n) is 1.73. The molecule has 2 N–H and O–H groups in total.